The lowest BCUT2D eigenvalue weighted by atomic mass is 9.87. The molecule has 0 aliphatic heterocycles. The van der Waals surface area contributed by atoms with Crippen LogP contribution in [0, 0.1) is 11.7 Å². The normalized spacial score (nSPS) is 14.0. The first-order chi connectivity index (χ1) is 20.5. The van der Waals surface area contributed by atoms with Crippen LogP contribution < -0.4 is 5.32 Å². The van der Waals surface area contributed by atoms with Crippen LogP contribution in [-0.2, 0) is 4.79 Å². The molecule has 1 aliphatic rings. The number of phenols is 1. The molecule has 10 nitrogen and oxygen atoms in total. The lowest BCUT2D eigenvalue weighted by Crippen LogP contribution is -2.18. The van der Waals surface area contributed by atoms with Gasteiger partial charge in [0.2, 0.25) is 5.91 Å². The Morgan fingerprint density at radius 1 is 0.976 bits per heavy atom. The number of anilines is 1. The molecule has 1 aromatic carbocycles. The van der Waals surface area contributed by atoms with E-state index in [0.717, 1.165) is 35.4 Å². The van der Waals surface area contributed by atoms with Crippen molar-refractivity contribution < 1.29 is 14.3 Å². The Morgan fingerprint density at radius 3 is 2.69 bits per heavy atom. The van der Waals surface area contributed by atoms with Crippen LogP contribution in [0.1, 0.15) is 38.5 Å². The maximum Gasteiger partial charge on any atom is 0.224 e. The number of pyridine rings is 3. The van der Waals surface area contributed by atoms with Crippen molar-refractivity contribution in [3.8, 4) is 39.5 Å². The number of aromatic nitrogens is 7. The minimum absolute atomic E-state index is 0.0119. The van der Waals surface area contributed by atoms with E-state index in [9.17, 15) is 14.3 Å². The van der Waals surface area contributed by atoms with E-state index in [4.69, 9.17) is 4.98 Å². The minimum Gasteiger partial charge on any atom is -0.508 e. The van der Waals surface area contributed by atoms with E-state index in [1.54, 1.807) is 30.9 Å². The number of phenolic OH excluding ortho intramolecular Hbond substituents is 1. The molecule has 0 atom stereocenters. The zero-order valence-electron chi connectivity index (χ0n) is 22.6. The number of aromatic hydroxyl groups is 1. The zero-order valence-corrected chi connectivity index (χ0v) is 22.6. The highest BCUT2D eigenvalue weighted by atomic mass is 19.1. The number of benzene rings is 1. The molecule has 4 N–H and O–H groups in total. The molecule has 0 spiro atoms. The van der Waals surface area contributed by atoms with Crippen LogP contribution in [0.4, 0.5) is 10.1 Å². The Kier molecular flexibility index (Phi) is 6.54. The number of rotatable bonds is 6. The molecule has 210 valence electrons. The van der Waals surface area contributed by atoms with Crippen LogP contribution in [0.25, 0.3) is 56.0 Å². The van der Waals surface area contributed by atoms with Crippen molar-refractivity contribution in [2.45, 2.75) is 38.5 Å². The number of fused-ring (bicyclic) bond motifs is 2. The second-order valence-electron chi connectivity index (χ2n) is 10.8. The molecule has 0 saturated heterocycles. The summed E-state index contributed by atoms with van der Waals surface area (Å²) in [5.74, 6) is 0.192. The molecule has 0 unspecified atom stereocenters. The number of hydrogen-bond donors (Lipinski definition) is 4. The zero-order chi connectivity index (χ0) is 28.6. The molecule has 5 aromatic heterocycles. The molecule has 1 aliphatic carbocycles. The second-order valence-corrected chi connectivity index (χ2v) is 10.8. The number of nitrogens with one attached hydrogen (secondary N) is 3. The van der Waals surface area contributed by atoms with Crippen molar-refractivity contribution in [1.29, 1.82) is 0 Å². The number of imidazole rings is 1. The number of hydrogen-bond acceptors (Lipinski definition) is 7. The standard InChI is InChI=1S/C31H27FN8O2/c32-21-9-18(11-23(41)13-21)24-6-7-34-30-27(24)37-31(38-30)28-25-12-20(15-35-29(25)40-39-28)19-10-22(16-33-14-19)36-26(42)8-17-4-2-1-3-5-17/h6-7,9-17,41H,1-5,8H2,(H,36,42)(H,34,37,38)(H,35,39,40). The monoisotopic (exact) mass is 562 g/mol. The number of H-pyrrole nitrogens is 2. The summed E-state index contributed by atoms with van der Waals surface area (Å²) < 4.78 is 14.0. The summed E-state index contributed by atoms with van der Waals surface area (Å²) >= 11 is 0. The maximum atomic E-state index is 14.0. The van der Waals surface area contributed by atoms with E-state index in [1.807, 2.05) is 12.1 Å². The Balaban J connectivity index is 1.20. The highest BCUT2D eigenvalue weighted by Gasteiger charge is 2.19. The fraction of sp³-hybridized carbons (Fsp3) is 0.226. The predicted molar refractivity (Wildman–Crippen MR) is 157 cm³/mol. The molecule has 7 rings (SSSR count). The molecule has 0 bridgehead atoms. The van der Waals surface area contributed by atoms with Crippen molar-refractivity contribution in [3.63, 3.8) is 0 Å². The fourth-order valence-electron chi connectivity index (χ4n) is 5.76. The molecule has 6 aromatic rings. The van der Waals surface area contributed by atoms with Crippen LogP contribution in [0.15, 0.2) is 61.2 Å². The van der Waals surface area contributed by atoms with Crippen molar-refractivity contribution in [2.75, 3.05) is 5.32 Å². The second kappa shape index (κ2) is 10.7. The van der Waals surface area contributed by atoms with Gasteiger partial charge in [0.25, 0.3) is 0 Å². The summed E-state index contributed by atoms with van der Waals surface area (Å²) in [7, 11) is 0. The molecule has 1 fully saturated rings. The van der Waals surface area contributed by atoms with E-state index in [2.05, 4.69) is 35.5 Å². The van der Waals surface area contributed by atoms with Gasteiger partial charge in [-0.25, -0.2) is 19.3 Å². The summed E-state index contributed by atoms with van der Waals surface area (Å²) in [6.07, 6.45) is 13.1. The fourth-order valence-corrected chi connectivity index (χ4v) is 5.76. The van der Waals surface area contributed by atoms with Gasteiger partial charge in [-0.05, 0) is 54.7 Å². The van der Waals surface area contributed by atoms with Crippen molar-refractivity contribution in [3.05, 3.63) is 67.0 Å². The first-order valence-corrected chi connectivity index (χ1v) is 13.9. The van der Waals surface area contributed by atoms with Gasteiger partial charge in [0.15, 0.2) is 17.1 Å². The highest BCUT2D eigenvalue weighted by molar-refractivity contribution is 5.96. The van der Waals surface area contributed by atoms with Crippen LogP contribution in [0.2, 0.25) is 0 Å². The van der Waals surface area contributed by atoms with Gasteiger partial charge >= 0.3 is 0 Å². The van der Waals surface area contributed by atoms with E-state index < -0.39 is 5.82 Å². The van der Waals surface area contributed by atoms with Gasteiger partial charge in [-0.3, -0.25) is 14.9 Å². The molecular formula is C31H27FN8O2. The molecule has 11 heteroatoms. The number of carbonyl (C=O) groups is 1. The number of halogens is 1. The molecule has 42 heavy (non-hydrogen) atoms. The van der Waals surface area contributed by atoms with E-state index in [1.165, 1.54) is 31.4 Å². The van der Waals surface area contributed by atoms with Crippen molar-refractivity contribution in [1.82, 2.24) is 35.1 Å². The highest BCUT2D eigenvalue weighted by Crippen LogP contribution is 2.33. The van der Waals surface area contributed by atoms with Crippen molar-refractivity contribution >= 4 is 33.8 Å². The van der Waals surface area contributed by atoms with E-state index >= 15 is 0 Å². The van der Waals surface area contributed by atoms with Gasteiger partial charge < -0.3 is 15.4 Å². The topological polar surface area (TPSA) is 145 Å². The number of aromatic amines is 2. The lowest BCUT2D eigenvalue weighted by molar-refractivity contribution is -0.117. The third-order valence-electron chi connectivity index (χ3n) is 7.77. The van der Waals surface area contributed by atoms with Crippen LogP contribution in [-0.4, -0.2) is 46.1 Å². The number of carbonyl (C=O) groups excluding carboxylic acids is 1. The average Bonchev–Trinajstić information content (AvgIpc) is 3.61. The van der Waals surface area contributed by atoms with Gasteiger partial charge in [-0.2, -0.15) is 5.10 Å². The average molecular weight is 563 g/mol. The summed E-state index contributed by atoms with van der Waals surface area (Å²) in [5.41, 5.74) is 5.44. The molecule has 1 amide bonds. The Morgan fingerprint density at radius 2 is 1.83 bits per heavy atom. The van der Waals surface area contributed by atoms with E-state index in [0.29, 0.717) is 57.5 Å². The van der Waals surface area contributed by atoms with Gasteiger partial charge in [0.1, 0.15) is 22.8 Å². The van der Waals surface area contributed by atoms with E-state index in [-0.39, 0.29) is 11.7 Å². The van der Waals surface area contributed by atoms with Crippen molar-refractivity contribution in [2.24, 2.45) is 5.92 Å². The molecule has 0 radical (unpaired) electrons. The number of amides is 1. The largest absolute Gasteiger partial charge is 0.508 e. The summed E-state index contributed by atoms with van der Waals surface area (Å²) in [4.78, 5) is 33.9. The predicted octanol–water partition coefficient (Wildman–Crippen LogP) is 6.38. The SMILES string of the molecule is O=C(CC1CCCCC1)Nc1cncc(-c2cnc3[nH]nc(-c4nc5c(-c6cc(O)cc(F)c6)ccnc5[nH]4)c3c2)c1. The number of nitrogens with zero attached hydrogens (tertiary/aromatic N) is 5. The van der Waals surface area contributed by atoms with Crippen LogP contribution in [0.3, 0.4) is 0 Å². The Labute approximate surface area is 239 Å². The maximum absolute atomic E-state index is 14.0. The summed E-state index contributed by atoms with van der Waals surface area (Å²) in [5, 5.41) is 21.1. The lowest BCUT2D eigenvalue weighted by Gasteiger charge is -2.20. The van der Waals surface area contributed by atoms with Crippen LogP contribution >= 0.6 is 0 Å². The van der Waals surface area contributed by atoms with Crippen LogP contribution in [0.5, 0.6) is 5.75 Å². The summed E-state index contributed by atoms with van der Waals surface area (Å²) in [6.45, 7) is 0. The molecular weight excluding hydrogens is 535 g/mol. The Hall–Kier alpha value is -5.19. The molecule has 1 saturated carbocycles. The first kappa shape index (κ1) is 25.8. The third-order valence-corrected chi connectivity index (χ3v) is 7.77. The Bertz CT molecular complexity index is 1920. The third kappa shape index (κ3) is 5.05. The minimum atomic E-state index is -0.551. The first-order valence-electron chi connectivity index (χ1n) is 13.9. The van der Waals surface area contributed by atoms with Gasteiger partial charge in [0, 0.05) is 47.8 Å². The van der Waals surface area contributed by atoms with Gasteiger partial charge in [-0.15, -0.1) is 0 Å². The smallest absolute Gasteiger partial charge is 0.224 e. The molecule has 5 heterocycles. The quantitative estimate of drug-likeness (QED) is 0.184. The van der Waals surface area contributed by atoms with Gasteiger partial charge in [0.05, 0.1) is 17.3 Å². The van der Waals surface area contributed by atoms with Gasteiger partial charge in [-0.1, -0.05) is 19.3 Å². The summed E-state index contributed by atoms with van der Waals surface area (Å²) in [6, 6.07) is 9.42.